The Kier molecular flexibility index (Phi) is 4.40. The minimum Gasteiger partial charge on any atom is -0.481 e. The topological polar surface area (TPSA) is 66.4 Å². The molecule has 4 nitrogen and oxygen atoms in total. The third-order valence-corrected chi connectivity index (χ3v) is 4.70. The summed E-state index contributed by atoms with van der Waals surface area (Å²) in [6.45, 7) is 6.22. The van der Waals surface area contributed by atoms with Gasteiger partial charge >= 0.3 is 5.97 Å². The van der Waals surface area contributed by atoms with Crippen LogP contribution in [-0.4, -0.2) is 23.0 Å². The maximum Gasteiger partial charge on any atom is 0.305 e. The van der Waals surface area contributed by atoms with Gasteiger partial charge in [-0.2, -0.15) is 0 Å². The number of carboxylic acids is 1. The number of nitrogens with one attached hydrogen (secondary N) is 1. The zero-order chi connectivity index (χ0) is 14.9. The van der Waals surface area contributed by atoms with E-state index in [9.17, 15) is 9.59 Å². The lowest BCUT2D eigenvalue weighted by Crippen LogP contribution is -2.43. The first-order chi connectivity index (χ1) is 9.24. The van der Waals surface area contributed by atoms with Gasteiger partial charge in [-0.25, -0.2) is 0 Å². The van der Waals surface area contributed by atoms with Crippen LogP contribution in [0, 0.1) is 23.2 Å². The average Bonchev–Trinajstić information content (AvgIpc) is 2.86. The van der Waals surface area contributed by atoms with Gasteiger partial charge in [-0.1, -0.05) is 27.2 Å². The SMILES string of the molecule is CC(C)(C)CC(CC(=O)O)NC(=O)C1CC2CCC1C2. The fourth-order valence-corrected chi connectivity index (χ4v) is 4.00. The molecule has 4 atom stereocenters. The molecule has 114 valence electrons. The smallest absolute Gasteiger partial charge is 0.305 e. The normalized spacial score (nSPS) is 30.2. The Morgan fingerprint density at radius 3 is 2.40 bits per heavy atom. The number of rotatable bonds is 5. The van der Waals surface area contributed by atoms with Crippen LogP contribution < -0.4 is 5.32 Å². The maximum atomic E-state index is 12.4. The third kappa shape index (κ3) is 3.97. The van der Waals surface area contributed by atoms with E-state index in [4.69, 9.17) is 5.11 Å². The molecule has 4 unspecified atom stereocenters. The molecule has 2 saturated carbocycles. The first kappa shape index (κ1) is 15.3. The summed E-state index contributed by atoms with van der Waals surface area (Å²) in [5.41, 5.74) is 0.0159. The molecule has 0 saturated heterocycles. The van der Waals surface area contributed by atoms with Crippen molar-refractivity contribution in [2.75, 3.05) is 0 Å². The molecule has 0 heterocycles. The van der Waals surface area contributed by atoms with Gasteiger partial charge in [0.05, 0.1) is 6.42 Å². The Bertz CT molecular complexity index is 386. The highest BCUT2D eigenvalue weighted by Gasteiger charge is 2.43. The van der Waals surface area contributed by atoms with E-state index in [-0.39, 0.29) is 29.7 Å². The van der Waals surface area contributed by atoms with Crippen molar-refractivity contribution in [1.82, 2.24) is 5.32 Å². The van der Waals surface area contributed by atoms with Crippen LogP contribution in [0.15, 0.2) is 0 Å². The first-order valence-corrected chi connectivity index (χ1v) is 7.77. The number of hydrogen-bond donors (Lipinski definition) is 2. The van der Waals surface area contributed by atoms with Crippen LogP contribution in [0.2, 0.25) is 0 Å². The maximum absolute atomic E-state index is 12.4. The molecule has 0 aliphatic heterocycles. The lowest BCUT2D eigenvalue weighted by molar-refractivity contribution is -0.138. The lowest BCUT2D eigenvalue weighted by atomic mass is 9.85. The molecule has 0 aromatic rings. The monoisotopic (exact) mass is 281 g/mol. The number of carboxylic acid groups (broad SMARTS) is 1. The van der Waals surface area contributed by atoms with Gasteiger partial charge in [0, 0.05) is 12.0 Å². The number of amides is 1. The van der Waals surface area contributed by atoms with Gasteiger partial charge in [-0.05, 0) is 42.9 Å². The van der Waals surface area contributed by atoms with Crippen LogP contribution in [-0.2, 0) is 9.59 Å². The van der Waals surface area contributed by atoms with Crippen molar-refractivity contribution in [3.63, 3.8) is 0 Å². The zero-order valence-corrected chi connectivity index (χ0v) is 12.8. The summed E-state index contributed by atoms with van der Waals surface area (Å²) >= 11 is 0. The van der Waals surface area contributed by atoms with E-state index in [2.05, 4.69) is 26.1 Å². The van der Waals surface area contributed by atoms with E-state index < -0.39 is 5.97 Å². The molecule has 0 aromatic heterocycles. The predicted octanol–water partition coefficient (Wildman–Crippen LogP) is 2.82. The largest absolute Gasteiger partial charge is 0.481 e. The lowest BCUT2D eigenvalue weighted by Gasteiger charge is -2.28. The summed E-state index contributed by atoms with van der Waals surface area (Å²) in [6.07, 6.45) is 5.36. The summed E-state index contributed by atoms with van der Waals surface area (Å²) in [5.74, 6) is 0.654. The van der Waals surface area contributed by atoms with Crippen molar-refractivity contribution in [3.05, 3.63) is 0 Å². The molecule has 2 bridgehead atoms. The highest BCUT2D eigenvalue weighted by Crippen LogP contribution is 2.48. The van der Waals surface area contributed by atoms with Crippen molar-refractivity contribution in [3.8, 4) is 0 Å². The fraction of sp³-hybridized carbons (Fsp3) is 0.875. The fourth-order valence-electron chi connectivity index (χ4n) is 4.00. The molecule has 4 heteroatoms. The molecule has 2 aliphatic rings. The molecule has 0 spiro atoms. The molecule has 2 rings (SSSR count). The van der Waals surface area contributed by atoms with Gasteiger partial charge < -0.3 is 10.4 Å². The number of hydrogen-bond acceptors (Lipinski definition) is 2. The van der Waals surface area contributed by atoms with E-state index >= 15 is 0 Å². The van der Waals surface area contributed by atoms with Crippen molar-refractivity contribution in [1.29, 1.82) is 0 Å². The van der Waals surface area contributed by atoms with E-state index in [0.29, 0.717) is 12.3 Å². The van der Waals surface area contributed by atoms with Gasteiger partial charge in [-0.15, -0.1) is 0 Å². The highest BCUT2D eigenvalue weighted by atomic mass is 16.4. The van der Waals surface area contributed by atoms with Crippen LogP contribution in [0.25, 0.3) is 0 Å². The van der Waals surface area contributed by atoms with Crippen LogP contribution in [0.1, 0.15) is 59.3 Å². The second-order valence-corrected chi connectivity index (χ2v) is 7.85. The Morgan fingerprint density at radius 2 is 1.95 bits per heavy atom. The number of carbonyl (C=O) groups excluding carboxylic acids is 1. The van der Waals surface area contributed by atoms with Gasteiger partial charge in [0.2, 0.25) is 5.91 Å². The highest BCUT2D eigenvalue weighted by molar-refractivity contribution is 5.80. The average molecular weight is 281 g/mol. The Balaban J connectivity index is 1.92. The Hall–Kier alpha value is -1.06. The summed E-state index contributed by atoms with van der Waals surface area (Å²) in [5, 5.41) is 12.0. The number of carbonyl (C=O) groups is 2. The summed E-state index contributed by atoms with van der Waals surface area (Å²) in [7, 11) is 0. The Morgan fingerprint density at radius 1 is 1.25 bits per heavy atom. The summed E-state index contributed by atoms with van der Waals surface area (Å²) in [6, 6.07) is -0.251. The van der Waals surface area contributed by atoms with E-state index in [1.807, 2.05) is 0 Å². The molecule has 2 aliphatic carbocycles. The standard InChI is InChI=1S/C16H27NO3/c1-16(2,3)9-12(8-14(18)19)17-15(20)13-7-10-4-5-11(13)6-10/h10-13H,4-9H2,1-3H3,(H,17,20)(H,18,19). The van der Waals surface area contributed by atoms with Crippen LogP contribution in [0.4, 0.5) is 0 Å². The van der Waals surface area contributed by atoms with Crippen molar-refractivity contribution < 1.29 is 14.7 Å². The minimum absolute atomic E-state index is 0.0159. The zero-order valence-electron chi connectivity index (χ0n) is 12.8. The quantitative estimate of drug-likeness (QED) is 0.814. The predicted molar refractivity (Wildman–Crippen MR) is 77.2 cm³/mol. The van der Waals surface area contributed by atoms with Crippen molar-refractivity contribution in [2.24, 2.45) is 23.2 Å². The molecule has 2 fully saturated rings. The molecular weight excluding hydrogens is 254 g/mol. The minimum atomic E-state index is -0.840. The third-order valence-electron chi connectivity index (χ3n) is 4.70. The van der Waals surface area contributed by atoms with Crippen LogP contribution in [0.5, 0.6) is 0 Å². The van der Waals surface area contributed by atoms with Gasteiger partial charge in [0.1, 0.15) is 0 Å². The number of aliphatic carboxylic acids is 1. The second kappa shape index (κ2) is 5.74. The van der Waals surface area contributed by atoms with Gasteiger partial charge in [-0.3, -0.25) is 9.59 Å². The van der Waals surface area contributed by atoms with E-state index in [0.717, 1.165) is 12.3 Å². The van der Waals surface area contributed by atoms with Gasteiger partial charge in [0.15, 0.2) is 0 Å². The van der Waals surface area contributed by atoms with Gasteiger partial charge in [0.25, 0.3) is 0 Å². The van der Waals surface area contributed by atoms with E-state index in [1.54, 1.807) is 0 Å². The molecule has 0 aromatic carbocycles. The van der Waals surface area contributed by atoms with Crippen LogP contribution >= 0.6 is 0 Å². The molecule has 1 amide bonds. The molecule has 0 radical (unpaired) electrons. The van der Waals surface area contributed by atoms with E-state index in [1.165, 1.54) is 19.3 Å². The Labute approximate surface area is 121 Å². The molecular formula is C16H27NO3. The van der Waals surface area contributed by atoms with Crippen molar-refractivity contribution in [2.45, 2.75) is 65.3 Å². The molecule has 2 N–H and O–H groups in total. The number of fused-ring (bicyclic) bond motifs is 2. The summed E-state index contributed by atoms with van der Waals surface area (Å²) < 4.78 is 0. The second-order valence-electron chi connectivity index (χ2n) is 7.85. The molecule has 20 heavy (non-hydrogen) atoms. The van der Waals surface area contributed by atoms with Crippen LogP contribution in [0.3, 0.4) is 0 Å². The summed E-state index contributed by atoms with van der Waals surface area (Å²) in [4.78, 5) is 23.4. The van der Waals surface area contributed by atoms with Crippen molar-refractivity contribution >= 4 is 11.9 Å². The first-order valence-electron chi connectivity index (χ1n) is 7.77.